The van der Waals surface area contributed by atoms with Crippen molar-refractivity contribution in [2.75, 3.05) is 33.7 Å². The van der Waals surface area contributed by atoms with E-state index >= 15 is 0 Å². The number of likely N-dealkylation sites (tertiary alicyclic amines) is 1. The number of benzene rings is 1. The minimum atomic E-state index is -3.28. The van der Waals surface area contributed by atoms with Gasteiger partial charge in [0, 0.05) is 51.2 Å². The van der Waals surface area contributed by atoms with Crippen molar-refractivity contribution in [3.63, 3.8) is 0 Å². The lowest BCUT2D eigenvalue weighted by molar-refractivity contribution is -0.110. The van der Waals surface area contributed by atoms with Crippen molar-refractivity contribution in [3.05, 3.63) is 35.9 Å². The van der Waals surface area contributed by atoms with E-state index in [0.29, 0.717) is 30.6 Å². The van der Waals surface area contributed by atoms with Gasteiger partial charge in [0.1, 0.15) is 0 Å². The molecule has 144 valence electrons. The fourth-order valence-electron chi connectivity index (χ4n) is 5.45. The van der Waals surface area contributed by atoms with E-state index in [1.807, 2.05) is 0 Å². The van der Waals surface area contributed by atoms with Crippen LogP contribution >= 0.6 is 0 Å². The SMILES string of the molecule is CN(C)S(=O)(=O)N1CCC(N2CC3(CCCC3)C2c2ccccc2)CC1. The van der Waals surface area contributed by atoms with E-state index in [4.69, 9.17) is 0 Å². The molecule has 2 heterocycles. The first-order chi connectivity index (χ1) is 12.4. The molecule has 1 spiro atoms. The molecular weight excluding hydrogens is 346 g/mol. The van der Waals surface area contributed by atoms with Gasteiger partial charge in [-0.1, -0.05) is 43.2 Å². The standard InChI is InChI=1S/C20H31N3O2S/c1-21(2)26(24,25)22-14-10-18(11-15-22)23-16-20(12-6-7-13-20)19(23)17-8-4-3-5-9-17/h3-5,8-9,18-19H,6-7,10-16H2,1-2H3. The van der Waals surface area contributed by atoms with E-state index in [-0.39, 0.29) is 0 Å². The lowest BCUT2D eigenvalue weighted by Crippen LogP contribution is -2.62. The molecule has 0 radical (unpaired) electrons. The summed E-state index contributed by atoms with van der Waals surface area (Å²) in [5.41, 5.74) is 1.91. The Morgan fingerprint density at radius 2 is 1.65 bits per heavy atom. The van der Waals surface area contributed by atoms with E-state index in [1.165, 1.54) is 42.1 Å². The monoisotopic (exact) mass is 377 g/mol. The van der Waals surface area contributed by atoms with Crippen LogP contribution in [0.2, 0.25) is 0 Å². The number of hydrogen-bond acceptors (Lipinski definition) is 3. The van der Waals surface area contributed by atoms with Gasteiger partial charge in [-0.15, -0.1) is 0 Å². The zero-order chi connectivity index (χ0) is 18.4. The summed E-state index contributed by atoms with van der Waals surface area (Å²) in [7, 11) is -0.0431. The van der Waals surface area contributed by atoms with Crippen LogP contribution < -0.4 is 0 Å². The first kappa shape index (κ1) is 18.4. The quantitative estimate of drug-likeness (QED) is 0.810. The summed E-state index contributed by atoms with van der Waals surface area (Å²) in [5, 5.41) is 0. The highest BCUT2D eigenvalue weighted by molar-refractivity contribution is 7.86. The fraction of sp³-hybridized carbons (Fsp3) is 0.700. The Balaban J connectivity index is 1.48. The third-order valence-electron chi connectivity index (χ3n) is 6.80. The van der Waals surface area contributed by atoms with Crippen LogP contribution in [0.4, 0.5) is 0 Å². The van der Waals surface area contributed by atoms with Crippen molar-refractivity contribution in [1.29, 1.82) is 0 Å². The van der Waals surface area contributed by atoms with Crippen molar-refractivity contribution in [2.24, 2.45) is 5.41 Å². The summed E-state index contributed by atoms with van der Waals surface area (Å²) < 4.78 is 27.7. The number of hydrogen-bond donors (Lipinski definition) is 0. The molecule has 2 saturated heterocycles. The van der Waals surface area contributed by atoms with Crippen LogP contribution in [0.1, 0.15) is 50.1 Å². The minimum absolute atomic E-state index is 0.466. The van der Waals surface area contributed by atoms with Crippen LogP contribution in [-0.2, 0) is 10.2 Å². The van der Waals surface area contributed by atoms with Crippen LogP contribution in [0.15, 0.2) is 30.3 Å². The topological polar surface area (TPSA) is 43.9 Å². The third kappa shape index (κ3) is 3.01. The van der Waals surface area contributed by atoms with Gasteiger partial charge < -0.3 is 0 Å². The zero-order valence-electron chi connectivity index (χ0n) is 16.0. The summed E-state index contributed by atoms with van der Waals surface area (Å²) in [6, 6.07) is 12.0. The molecule has 26 heavy (non-hydrogen) atoms. The smallest absolute Gasteiger partial charge is 0.281 e. The van der Waals surface area contributed by atoms with Gasteiger partial charge >= 0.3 is 0 Å². The highest BCUT2D eigenvalue weighted by Gasteiger charge is 2.56. The predicted octanol–water partition coefficient (Wildman–Crippen LogP) is 2.87. The van der Waals surface area contributed by atoms with Gasteiger partial charge in [0.2, 0.25) is 0 Å². The van der Waals surface area contributed by atoms with Gasteiger partial charge in [0.25, 0.3) is 10.2 Å². The molecule has 1 aromatic rings. The Hall–Kier alpha value is -0.950. The van der Waals surface area contributed by atoms with Crippen LogP contribution in [0.3, 0.4) is 0 Å². The van der Waals surface area contributed by atoms with Gasteiger partial charge in [-0.05, 0) is 31.2 Å². The van der Waals surface area contributed by atoms with Crippen LogP contribution in [0.25, 0.3) is 0 Å². The van der Waals surface area contributed by atoms with Gasteiger partial charge in [-0.2, -0.15) is 17.0 Å². The molecule has 0 amide bonds. The van der Waals surface area contributed by atoms with Crippen molar-refractivity contribution in [3.8, 4) is 0 Å². The van der Waals surface area contributed by atoms with Gasteiger partial charge in [0.15, 0.2) is 0 Å². The highest BCUT2D eigenvalue weighted by atomic mass is 32.2. The molecular formula is C20H31N3O2S. The largest absolute Gasteiger partial charge is 0.292 e. The molecule has 1 aliphatic carbocycles. The van der Waals surface area contributed by atoms with Crippen molar-refractivity contribution < 1.29 is 8.42 Å². The maximum Gasteiger partial charge on any atom is 0.281 e. The Morgan fingerprint density at radius 1 is 1.04 bits per heavy atom. The summed E-state index contributed by atoms with van der Waals surface area (Å²) >= 11 is 0. The van der Waals surface area contributed by atoms with Crippen LogP contribution in [0, 0.1) is 5.41 Å². The molecule has 5 nitrogen and oxygen atoms in total. The molecule has 1 saturated carbocycles. The molecule has 1 atom stereocenters. The summed E-state index contributed by atoms with van der Waals surface area (Å²) in [5.74, 6) is 0. The van der Waals surface area contributed by atoms with E-state index in [2.05, 4.69) is 35.2 Å². The predicted molar refractivity (Wildman–Crippen MR) is 104 cm³/mol. The Morgan fingerprint density at radius 3 is 2.23 bits per heavy atom. The van der Waals surface area contributed by atoms with Gasteiger partial charge in [-0.25, -0.2) is 0 Å². The lowest BCUT2D eigenvalue weighted by Gasteiger charge is -2.60. The number of nitrogens with zero attached hydrogens (tertiary/aromatic N) is 3. The Bertz CT molecular complexity index is 721. The molecule has 1 unspecified atom stereocenters. The summed E-state index contributed by atoms with van der Waals surface area (Å²) in [6.07, 6.45) is 7.28. The molecule has 4 rings (SSSR count). The highest BCUT2D eigenvalue weighted by Crippen LogP contribution is 2.59. The first-order valence-electron chi connectivity index (χ1n) is 9.92. The molecule has 0 aromatic heterocycles. The second-order valence-corrected chi connectivity index (χ2v) is 10.6. The molecule has 6 heteroatoms. The number of rotatable bonds is 4. The third-order valence-corrected chi connectivity index (χ3v) is 8.74. The van der Waals surface area contributed by atoms with Crippen LogP contribution in [0.5, 0.6) is 0 Å². The maximum absolute atomic E-state index is 12.4. The van der Waals surface area contributed by atoms with Gasteiger partial charge in [-0.3, -0.25) is 4.90 Å². The zero-order valence-corrected chi connectivity index (χ0v) is 16.8. The molecule has 2 aliphatic heterocycles. The van der Waals surface area contributed by atoms with Crippen molar-refractivity contribution >= 4 is 10.2 Å². The van der Waals surface area contributed by atoms with Crippen molar-refractivity contribution in [2.45, 2.75) is 50.6 Å². The first-order valence-corrected chi connectivity index (χ1v) is 11.3. The maximum atomic E-state index is 12.4. The molecule has 0 bridgehead atoms. The second kappa shape index (κ2) is 6.89. The second-order valence-electron chi connectivity index (χ2n) is 8.48. The van der Waals surface area contributed by atoms with E-state index in [1.54, 1.807) is 18.4 Å². The Labute approximate surface area is 158 Å². The molecule has 3 fully saturated rings. The normalized spacial score (nSPS) is 27.9. The Kier molecular flexibility index (Phi) is 4.88. The average molecular weight is 378 g/mol. The molecule has 3 aliphatic rings. The van der Waals surface area contributed by atoms with E-state index < -0.39 is 10.2 Å². The lowest BCUT2D eigenvalue weighted by atomic mass is 9.66. The van der Waals surface area contributed by atoms with E-state index in [9.17, 15) is 8.42 Å². The van der Waals surface area contributed by atoms with Crippen LogP contribution in [-0.4, -0.2) is 61.7 Å². The molecule has 1 aromatic carbocycles. The van der Waals surface area contributed by atoms with Crippen molar-refractivity contribution in [1.82, 2.24) is 13.5 Å². The summed E-state index contributed by atoms with van der Waals surface area (Å²) in [6.45, 7) is 2.46. The fourth-order valence-corrected chi connectivity index (χ4v) is 6.58. The summed E-state index contributed by atoms with van der Waals surface area (Å²) in [4.78, 5) is 2.68. The van der Waals surface area contributed by atoms with Gasteiger partial charge in [0.05, 0.1) is 0 Å². The number of piperidine rings is 1. The van der Waals surface area contributed by atoms with E-state index in [0.717, 1.165) is 12.8 Å². The minimum Gasteiger partial charge on any atom is -0.292 e. The molecule has 0 N–H and O–H groups in total. The average Bonchev–Trinajstić information content (AvgIpc) is 3.12.